The van der Waals surface area contributed by atoms with E-state index in [0.717, 1.165) is 0 Å². The number of benzene rings is 1. The zero-order valence-corrected chi connectivity index (χ0v) is 18.0. The van der Waals surface area contributed by atoms with Crippen molar-refractivity contribution in [2.24, 2.45) is 0 Å². The number of halogens is 3. The fourth-order valence-corrected chi connectivity index (χ4v) is 4.58. The molecule has 1 aliphatic rings. The second kappa shape index (κ2) is 9.08. The molecular weight excluding hydrogens is 463 g/mol. The Kier molecular flexibility index (Phi) is 6.36. The number of sulfone groups is 1. The smallest absolute Gasteiger partial charge is 0.413 e. The van der Waals surface area contributed by atoms with E-state index in [1.165, 1.54) is 12.3 Å². The van der Waals surface area contributed by atoms with Gasteiger partial charge in [-0.25, -0.2) is 8.42 Å². The maximum Gasteiger partial charge on any atom is 0.470 e. The molecule has 0 spiro atoms. The van der Waals surface area contributed by atoms with Crippen molar-refractivity contribution in [2.75, 3.05) is 29.5 Å². The van der Waals surface area contributed by atoms with E-state index in [1.54, 1.807) is 40.1 Å². The highest BCUT2D eigenvalue weighted by Gasteiger charge is 2.38. The first-order chi connectivity index (χ1) is 15.6. The topological polar surface area (TPSA) is 113 Å². The number of aromatic nitrogens is 3. The predicted molar refractivity (Wildman–Crippen MR) is 111 cm³/mol. The molecule has 0 bridgehead atoms. The van der Waals surface area contributed by atoms with Gasteiger partial charge < -0.3 is 14.4 Å². The number of hydrogen-bond donors (Lipinski definition) is 1. The first kappa shape index (κ1) is 23.1. The van der Waals surface area contributed by atoms with Gasteiger partial charge in [-0.3, -0.25) is 9.88 Å². The van der Waals surface area contributed by atoms with E-state index in [0.29, 0.717) is 11.4 Å². The van der Waals surface area contributed by atoms with Crippen LogP contribution in [0.5, 0.6) is 0 Å². The van der Waals surface area contributed by atoms with E-state index in [2.05, 4.69) is 19.6 Å². The van der Waals surface area contributed by atoms with Gasteiger partial charge in [-0.1, -0.05) is 18.2 Å². The summed E-state index contributed by atoms with van der Waals surface area (Å²) in [6.07, 6.45) is -4.53. The van der Waals surface area contributed by atoms with Gasteiger partial charge in [-0.2, -0.15) is 13.2 Å². The molecule has 0 amide bonds. The summed E-state index contributed by atoms with van der Waals surface area (Å²) in [6.45, 7) is 0.544. The van der Waals surface area contributed by atoms with E-state index < -0.39 is 28.3 Å². The molecule has 1 unspecified atom stereocenters. The zero-order chi connectivity index (χ0) is 23.6. The molecule has 4 rings (SSSR count). The van der Waals surface area contributed by atoms with E-state index in [4.69, 9.17) is 0 Å². The summed E-state index contributed by atoms with van der Waals surface area (Å²) in [7, 11) is -3.11. The summed E-state index contributed by atoms with van der Waals surface area (Å²) in [6, 6.07) is 12.1. The van der Waals surface area contributed by atoms with E-state index in [1.807, 2.05) is 6.07 Å². The molecule has 1 N–H and O–H groups in total. The van der Waals surface area contributed by atoms with Crippen molar-refractivity contribution >= 4 is 15.5 Å². The van der Waals surface area contributed by atoms with Gasteiger partial charge in [0, 0.05) is 25.0 Å². The Hall–Kier alpha value is -3.03. The van der Waals surface area contributed by atoms with Gasteiger partial charge in [0.1, 0.15) is 0 Å². The molecular formula is C20H20F3N5O4S. The summed E-state index contributed by atoms with van der Waals surface area (Å²) < 4.78 is 66.2. The summed E-state index contributed by atoms with van der Waals surface area (Å²) in [5.41, 5.74) is 1.42. The van der Waals surface area contributed by atoms with Crippen molar-refractivity contribution in [1.82, 2.24) is 20.1 Å². The third-order valence-corrected chi connectivity index (χ3v) is 6.75. The molecule has 0 saturated carbocycles. The zero-order valence-electron chi connectivity index (χ0n) is 17.2. The first-order valence-electron chi connectivity index (χ1n) is 9.93. The highest BCUT2D eigenvalue weighted by atomic mass is 32.2. The number of hydrogen-bond acceptors (Lipinski definition) is 9. The second-order valence-electron chi connectivity index (χ2n) is 7.45. The van der Waals surface area contributed by atoms with Crippen LogP contribution in [0.15, 0.2) is 53.1 Å². The van der Waals surface area contributed by atoms with Crippen LogP contribution in [0.4, 0.5) is 18.9 Å². The Bertz CT molecular complexity index is 1170. The monoisotopic (exact) mass is 483 g/mol. The SMILES string of the molecule is O=S1(=O)CCN(C(O)N(Cc2ccc(-c3nnc(C(F)(F)F)o3)cn2)c2ccccc2)CC1. The van der Waals surface area contributed by atoms with Crippen molar-refractivity contribution in [3.05, 3.63) is 60.2 Å². The quantitative estimate of drug-likeness (QED) is 0.527. The molecule has 1 fully saturated rings. The van der Waals surface area contributed by atoms with Crippen LogP contribution in [-0.2, 0) is 22.6 Å². The Labute approximate surface area is 187 Å². The van der Waals surface area contributed by atoms with Gasteiger partial charge in [0.2, 0.25) is 5.89 Å². The molecule has 33 heavy (non-hydrogen) atoms. The molecule has 1 atom stereocenters. The van der Waals surface area contributed by atoms with Crippen molar-refractivity contribution in [3.8, 4) is 11.5 Å². The second-order valence-corrected chi connectivity index (χ2v) is 9.75. The van der Waals surface area contributed by atoms with Gasteiger partial charge in [-0.05, 0) is 24.3 Å². The van der Waals surface area contributed by atoms with Crippen molar-refractivity contribution in [3.63, 3.8) is 0 Å². The predicted octanol–water partition coefficient (Wildman–Crippen LogP) is 2.16. The number of nitrogens with zero attached hydrogens (tertiary/aromatic N) is 5. The molecule has 13 heteroatoms. The lowest BCUT2D eigenvalue weighted by Crippen LogP contribution is -2.53. The molecule has 1 saturated heterocycles. The fraction of sp³-hybridized carbons (Fsp3) is 0.350. The Morgan fingerprint density at radius 1 is 1.09 bits per heavy atom. The first-order valence-corrected chi connectivity index (χ1v) is 11.7. The third kappa shape index (κ3) is 5.49. The average Bonchev–Trinajstić information content (AvgIpc) is 3.29. The molecule has 2 aromatic heterocycles. The minimum Gasteiger partial charge on any atom is -0.413 e. The average molecular weight is 483 g/mol. The van der Waals surface area contributed by atoms with Gasteiger partial charge in [0.15, 0.2) is 16.2 Å². The van der Waals surface area contributed by atoms with E-state index in [9.17, 15) is 26.7 Å². The van der Waals surface area contributed by atoms with E-state index in [-0.39, 0.29) is 42.6 Å². The Morgan fingerprint density at radius 2 is 1.79 bits per heavy atom. The van der Waals surface area contributed by atoms with Crippen molar-refractivity contribution < 1.29 is 31.1 Å². The summed E-state index contributed by atoms with van der Waals surface area (Å²) >= 11 is 0. The van der Waals surface area contributed by atoms with Crippen LogP contribution < -0.4 is 4.90 Å². The van der Waals surface area contributed by atoms with Gasteiger partial charge in [-0.15, -0.1) is 10.2 Å². The fourth-order valence-electron chi connectivity index (χ4n) is 3.35. The molecule has 176 valence electrons. The Morgan fingerprint density at radius 3 is 2.36 bits per heavy atom. The van der Waals surface area contributed by atoms with Crippen LogP contribution >= 0.6 is 0 Å². The maximum absolute atomic E-state index is 12.7. The summed E-state index contributed by atoms with van der Waals surface area (Å²) in [4.78, 5) is 7.59. The van der Waals surface area contributed by atoms with Gasteiger partial charge in [0.05, 0.1) is 29.3 Å². The number of anilines is 1. The molecule has 1 aliphatic heterocycles. The number of para-hydroxylation sites is 1. The summed E-state index contributed by atoms with van der Waals surface area (Å²) in [5, 5.41) is 17.4. The molecule has 3 aromatic rings. The number of alkyl halides is 3. The molecule has 0 radical (unpaired) electrons. The largest absolute Gasteiger partial charge is 0.470 e. The number of rotatable bonds is 6. The standard InChI is InChI=1S/C20H20F3N5O4S/c21-20(22,23)18-26-25-17(32-18)14-6-7-15(24-12-14)13-28(16-4-2-1-3-5-16)19(29)27-8-10-33(30,31)11-9-27/h1-7,12,19,29H,8-11,13H2. The van der Waals surface area contributed by atoms with Crippen LogP contribution in [-0.4, -0.2) is 64.6 Å². The molecule has 1 aromatic carbocycles. The molecule has 0 aliphatic carbocycles. The molecule has 3 heterocycles. The lowest BCUT2D eigenvalue weighted by Gasteiger charge is -2.39. The van der Waals surface area contributed by atoms with Crippen LogP contribution in [0.3, 0.4) is 0 Å². The van der Waals surface area contributed by atoms with E-state index >= 15 is 0 Å². The number of pyridine rings is 1. The van der Waals surface area contributed by atoms with Crippen LogP contribution in [0, 0.1) is 0 Å². The van der Waals surface area contributed by atoms with Crippen molar-refractivity contribution in [2.45, 2.75) is 19.1 Å². The van der Waals surface area contributed by atoms with Gasteiger partial charge in [0.25, 0.3) is 0 Å². The highest BCUT2D eigenvalue weighted by molar-refractivity contribution is 7.91. The minimum absolute atomic E-state index is 0.0380. The Balaban J connectivity index is 1.53. The van der Waals surface area contributed by atoms with Crippen molar-refractivity contribution in [1.29, 1.82) is 0 Å². The van der Waals surface area contributed by atoms with Crippen LogP contribution in [0.25, 0.3) is 11.5 Å². The van der Waals surface area contributed by atoms with Crippen LogP contribution in [0.1, 0.15) is 11.6 Å². The lowest BCUT2D eigenvalue weighted by molar-refractivity contribution is -0.156. The third-order valence-electron chi connectivity index (χ3n) is 5.14. The lowest BCUT2D eigenvalue weighted by atomic mass is 10.2. The van der Waals surface area contributed by atoms with Crippen LogP contribution in [0.2, 0.25) is 0 Å². The summed E-state index contributed by atoms with van der Waals surface area (Å²) in [5.74, 6) is -1.83. The minimum atomic E-state index is -4.74. The maximum atomic E-state index is 12.7. The normalized spacial score (nSPS) is 17.6. The van der Waals surface area contributed by atoms with Gasteiger partial charge >= 0.3 is 12.1 Å². The number of aliphatic hydroxyl groups excluding tert-OH is 1. The molecule has 9 nitrogen and oxygen atoms in total. The highest BCUT2D eigenvalue weighted by Crippen LogP contribution is 2.30. The number of aliphatic hydroxyl groups is 1.